The van der Waals surface area contributed by atoms with Crippen LogP contribution in [0.25, 0.3) is 11.1 Å². The van der Waals surface area contributed by atoms with Crippen molar-refractivity contribution in [2.24, 2.45) is 4.99 Å². The van der Waals surface area contributed by atoms with Crippen LogP contribution < -0.4 is 10.8 Å². The second kappa shape index (κ2) is 12.6. The highest BCUT2D eigenvalue weighted by Crippen LogP contribution is 2.32. The summed E-state index contributed by atoms with van der Waals surface area (Å²) in [5.41, 5.74) is 8.23. The SMILES string of the molecule is CCOC(=O)CC(C)NC(=O)c1ccc(C2=NC(c3ccc(-c4ccccc4C)c(COC)c3)ON2)cc1F. The minimum atomic E-state index is -0.716. The molecule has 0 saturated heterocycles. The number of benzene rings is 3. The number of hydrogen-bond donors (Lipinski definition) is 2. The number of aliphatic imine (C=N–C) groups is 1. The number of methoxy groups -OCH3 is 1. The maximum absolute atomic E-state index is 14.9. The zero-order valence-electron chi connectivity index (χ0n) is 22.4. The van der Waals surface area contributed by atoms with Gasteiger partial charge in [0.15, 0.2) is 5.84 Å². The Bertz CT molecular complexity index is 1390. The summed E-state index contributed by atoms with van der Waals surface area (Å²) in [5, 5.41) is 2.62. The quantitative estimate of drug-likeness (QED) is 0.356. The normalized spacial score (nSPS) is 15.3. The summed E-state index contributed by atoms with van der Waals surface area (Å²) in [6.07, 6.45) is -0.646. The maximum atomic E-state index is 14.9. The lowest BCUT2D eigenvalue weighted by Gasteiger charge is -2.15. The number of amidine groups is 1. The van der Waals surface area contributed by atoms with Crippen molar-refractivity contribution in [3.63, 3.8) is 0 Å². The molecular formula is C30H32FN3O5. The molecule has 39 heavy (non-hydrogen) atoms. The lowest BCUT2D eigenvalue weighted by molar-refractivity contribution is -0.143. The van der Waals surface area contributed by atoms with E-state index in [1.165, 1.54) is 12.1 Å². The first kappa shape index (κ1) is 27.9. The number of rotatable bonds is 10. The Morgan fingerprint density at radius 3 is 2.64 bits per heavy atom. The van der Waals surface area contributed by atoms with E-state index in [1.54, 1.807) is 27.0 Å². The molecule has 4 rings (SSSR count). The van der Waals surface area contributed by atoms with E-state index in [1.807, 2.05) is 30.3 Å². The molecule has 2 unspecified atom stereocenters. The van der Waals surface area contributed by atoms with Crippen LogP contribution in [0.2, 0.25) is 0 Å². The summed E-state index contributed by atoms with van der Waals surface area (Å²) in [6, 6.07) is 17.8. The molecule has 0 radical (unpaired) electrons. The summed E-state index contributed by atoms with van der Waals surface area (Å²) >= 11 is 0. The van der Waals surface area contributed by atoms with E-state index in [0.717, 1.165) is 27.8 Å². The average Bonchev–Trinajstić information content (AvgIpc) is 3.40. The van der Waals surface area contributed by atoms with Gasteiger partial charge in [0.1, 0.15) is 5.82 Å². The molecule has 0 bridgehead atoms. The fourth-order valence-electron chi connectivity index (χ4n) is 4.41. The number of nitrogens with one attached hydrogen (secondary N) is 2. The van der Waals surface area contributed by atoms with E-state index < -0.39 is 30.0 Å². The first-order chi connectivity index (χ1) is 18.8. The van der Waals surface area contributed by atoms with Crippen molar-refractivity contribution in [1.82, 2.24) is 10.8 Å². The number of esters is 1. The molecule has 1 heterocycles. The van der Waals surface area contributed by atoms with Gasteiger partial charge in [-0.1, -0.05) is 42.5 Å². The number of halogens is 1. The summed E-state index contributed by atoms with van der Waals surface area (Å²) in [4.78, 5) is 34.4. The average molecular weight is 534 g/mol. The first-order valence-corrected chi connectivity index (χ1v) is 12.7. The van der Waals surface area contributed by atoms with Crippen LogP contribution in [0.15, 0.2) is 65.7 Å². The second-order valence-electron chi connectivity index (χ2n) is 9.29. The lowest BCUT2D eigenvalue weighted by atomic mass is 9.94. The van der Waals surface area contributed by atoms with Gasteiger partial charge in [0, 0.05) is 24.3 Å². The number of nitrogens with zero attached hydrogens (tertiary/aromatic N) is 1. The third-order valence-corrected chi connectivity index (χ3v) is 6.31. The van der Waals surface area contributed by atoms with Crippen LogP contribution >= 0.6 is 0 Å². The van der Waals surface area contributed by atoms with Gasteiger partial charge in [-0.25, -0.2) is 19.7 Å². The maximum Gasteiger partial charge on any atom is 0.307 e. The molecular weight excluding hydrogens is 501 g/mol. The van der Waals surface area contributed by atoms with Crippen LogP contribution in [-0.4, -0.2) is 37.5 Å². The van der Waals surface area contributed by atoms with Gasteiger partial charge in [-0.2, -0.15) is 0 Å². The van der Waals surface area contributed by atoms with Crippen molar-refractivity contribution in [1.29, 1.82) is 0 Å². The van der Waals surface area contributed by atoms with E-state index in [9.17, 15) is 14.0 Å². The number of carbonyl (C=O) groups is 2. The van der Waals surface area contributed by atoms with Crippen molar-refractivity contribution in [2.75, 3.05) is 13.7 Å². The number of hydrogen-bond acceptors (Lipinski definition) is 7. The molecule has 0 spiro atoms. The van der Waals surface area contributed by atoms with Gasteiger partial charge in [0.2, 0.25) is 6.23 Å². The van der Waals surface area contributed by atoms with Crippen molar-refractivity contribution in [3.05, 3.63) is 94.3 Å². The largest absolute Gasteiger partial charge is 0.466 e. The Hall–Kier alpha value is -4.08. The van der Waals surface area contributed by atoms with E-state index in [2.05, 4.69) is 34.8 Å². The topological polar surface area (TPSA) is 98.2 Å². The number of carbonyl (C=O) groups excluding carboxylic acids is 2. The van der Waals surface area contributed by atoms with Gasteiger partial charge >= 0.3 is 5.97 Å². The van der Waals surface area contributed by atoms with E-state index >= 15 is 0 Å². The number of aryl methyl sites for hydroxylation is 1. The van der Waals surface area contributed by atoms with Crippen LogP contribution in [-0.2, 0) is 25.7 Å². The number of hydroxylamine groups is 1. The molecule has 1 aliphatic rings. The Morgan fingerprint density at radius 1 is 1.13 bits per heavy atom. The highest BCUT2D eigenvalue weighted by molar-refractivity contribution is 6.01. The molecule has 1 amide bonds. The van der Waals surface area contributed by atoms with Gasteiger partial charge in [-0.3, -0.25) is 9.59 Å². The zero-order chi connectivity index (χ0) is 27.9. The standard InChI is InChI=1S/C30H32FN3O5/c1-5-38-27(35)14-19(3)32-29(36)25-13-10-20(16-26(25)31)28-33-30(39-34-28)21-11-12-24(22(15-21)17-37-4)23-9-7-6-8-18(23)2/h6-13,15-16,19,30H,5,14,17H2,1-4H3,(H,32,36)(H,33,34). The van der Waals surface area contributed by atoms with E-state index in [4.69, 9.17) is 14.3 Å². The fourth-order valence-corrected chi connectivity index (χ4v) is 4.41. The van der Waals surface area contributed by atoms with Crippen molar-refractivity contribution in [3.8, 4) is 11.1 Å². The molecule has 0 fully saturated rings. The summed E-state index contributed by atoms with van der Waals surface area (Å²) < 4.78 is 25.2. The van der Waals surface area contributed by atoms with Crippen LogP contribution in [0.4, 0.5) is 4.39 Å². The molecule has 0 aliphatic carbocycles. The van der Waals surface area contributed by atoms with Crippen LogP contribution in [0.1, 0.15) is 59.1 Å². The molecule has 3 aromatic rings. The van der Waals surface area contributed by atoms with Crippen molar-refractivity contribution in [2.45, 2.75) is 46.1 Å². The number of amides is 1. The van der Waals surface area contributed by atoms with Crippen LogP contribution in [0, 0.1) is 12.7 Å². The Morgan fingerprint density at radius 2 is 1.92 bits per heavy atom. The smallest absolute Gasteiger partial charge is 0.307 e. The molecule has 3 aromatic carbocycles. The second-order valence-corrected chi connectivity index (χ2v) is 9.29. The molecule has 1 aliphatic heterocycles. The van der Waals surface area contributed by atoms with Crippen LogP contribution in [0.5, 0.6) is 0 Å². The Labute approximate surface area is 227 Å². The predicted molar refractivity (Wildman–Crippen MR) is 145 cm³/mol. The number of ether oxygens (including phenoxy) is 2. The zero-order valence-corrected chi connectivity index (χ0v) is 22.4. The predicted octanol–water partition coefficient (Wildman–Crippen LogP) is 5.00. The minimum Gasteiger partial charge on any atom is -0.466 e. The summed E-state index contributed by atoms with van der Waals surface area (Å²) in [7, 11) is 1.65. The molecule has 2 atom stereocenters. The molecule has 0 aromatic heterocycles. The molecule has 8 nitrogen and oxygen atoms in total. The third-order valence-electron chi connectivity index (χ3n) is 6.31. The van der Waals surface area contributed by atoms with Crippen molar-refractivity contribution >= 4 is 17.7 Å². The van der Waals surface area contributed by atoms with Crippen molar-refractivity contribution < 1.29 is 28.3 Å². The van der Waals surface area contributed by atoms with Gasteiger partial charge in [0.25, 0.3) is 5.91 Å². The Kier molecular flexibility index (Phi) is 9.06. The first-order valence-electron chi connectivity index (χ1n) is 12.7. The molecule has 9 heteroatoms. The minimum absolute atomic E-state index is 0.00321. The molecule has 0 saturated carbocycles. The monoisotopic (exact) mass is 533 g/mol. The van der Waals surface area contributed by atoms with Gasteiger partial charge < -0.3 is 14.8 Å². The third kappa shape index (κ3) is 6.68. The van der Waals surface area contributed by atoms with Gasteiger partial charge in [0.05, 0.1) is 25.2 Å². The molecule has 204 valence electrons. The lowest BCUT2D eigenvalue weighted by Crippen LogP contribution is -2.35. The van der Waals surface area contributed by atoms with Crippen LogP contribution in [0.3, 0.4) is 0 Å². The highest BCUT2D eigenvalue weighted by atomic mass is 19.1. The van der Waals surface area contributed by atoms with Gasteiger partial charge in [-0.05, 0) is 61.2 Å². The summed E-state index contributed by atoms with van der Waals surface area (Å²) in [6.45, 7) is 6.10. The van der Waals surface area contributed by atoms with E-state index in [-0.39, 0.29) is 18.6 Å². The highest BCUT2D eigenvalue weighted by Gasteiger charge is 2.24. The molecule has 2 N–H and O–H groups in total. The summed E-state index contributed by atoms with van der Waals surface area (Å²) in [5.74, 6) is -1.42. The fraction of sp³-hybridized carbons (Fsp3) is 0.300. The van der Waals surface area contributed by atoms with Gasteiger partial charge in [-0.15, -0.1) is 0 Å². The Balaban J connectivity index is 1.50. The van der Waals surface area contributed by atoms with E-state index in [0.29, 0.717) is 18.0 Å².